The van der Waals surface area contributed by atoms with E-state index in [1.165, 1.54) is 22.6 Å². The van der Waals surface area contributed by atoms with Gasteiger partial charge in [0.05, 0.1) is 0 Å². The Balaban J connectivity index is 2.55. The van der Waals surface area contributed by atoms with E-state index in [0.717, 1.165) is 0 Å². The maximum Gasteiger partial charge on any atom is 0.110 e. The van der Waals surface area contributed by atoms with Crippen LogP contribution in [0.5, 0.6) is 0 Å². The number of anilines is 1. The fraction of sp³-hybridized carbons (Fsp3) is 0.529. The number of nitrogens with zero attached hydrogens (tertiary/aromatic N) is 2. The van der Waals surface area contributed by atoms with Crippen LogP contribution in [0.3, 0.4) is 0 Å². The molecule has 2 nitrogen and oxygen atoms in total. The Kier molecular flexibility index (Phi) is 3.38. The summed E-state index contributed by atoms with van der Waals surface area (Å²) in [5, 5.41) is 0. The second-order valence-electron chi connectivity index (χ2n) is 6.68. The lowest BCUT2D eigenvalue weighted by Gasteiger charge is -2.42. The predicted molar refractivity (Wildman–Crippen MR) is 83.0 cm³/mol. The molecule has 1 unspecified atom stereocenters. The van der Waals surface area contributed by atoms with Gasteiger partial charge in [0.25, 0.3) is 0 Å². The number of rotatable bonds is 1. The maximum atomic E-state index is 2.49. The Morgan fingerprint density at radius 2 is 1.53 bits per heavy atom. The first-order chi connectivity index (χ1) is 8.75. The van der Waals surface area contributed by atoms with E-state index in [0.29, 0.717) is 6.17 Å². The molecule has 1 aliphatic heterocycles. The van der Waals surface area contributed by atoms with E-state index in [1.807, 2.05) is 0 Å². The molecule has 104 valence electrons. The number of aryl methyl sites for hydroxylation is 1. The summed E-state index contributed by atoms with van der Waals surface area (Å²) >= 11 is 0. The van der Waals surface area contributed by atoms with E-state index in [1.54, 1.807) is 0 Å². The Bertz CT molecular complexity index is 508. The molecule has 0 aromatic heterocycles. The van der Waals surface area contributed by atoms with E-state index in [9.17, 15) is 0 Å². The summed E-state index contributed by atoms with van der Waals surface area (Å²) in [5.41, 5.74) is 5.57. The second-order valence-corrected chi connectivity index (χ2v) is 6.68. The van der Waals surface area contributed by atoms with Crippen LogP contribution < -0.4 is 4.90 Å². The lowest BCUT2D eigenvalue weighted by molar-refractivity contribution is 0.180. The minimum Gasteiger partial charge on any atom is -0.356 e. The Labute approximate surface area is 117 Å². The van der Waals surface area contributed by atoms with Gasteiger partial charge in [0, 0.05) is 29.5 Å². The summed E-state index contributed by atoms with van der Waals surface area (Å²) in [7, 11) is 2.20. The van der Waals surface area contributed by atoms with Crippen molar-refractivity contribution in [3.63, 3.8) is 0 Å². The van der Waals surface area contributed by atoms with Crippen molar-refractivity contribution < 1.29 is 0 Å². The first-order valence-corrected chi connectivity index (χ1v) is 7.00. The molecule has 0 bridgehead atoms. The third-order valence-electron chi connectivity index (χ3n) is 4.18. The Morgan fingerprint density at radius 1 is 0.947 bits per heavy atom. The highest BCUT2D eigenvalue weighted by Gasteiger charge is 2.40. The monoisotopic (exact) mass is 258 g/mol. The normalized spacial score (nSPS) is 20.5. The van der Waals surface area contributed by atoms with Gasteiger partial charge < -0.3 is 9.80 Å². The van der Waals surface area contributed by atoms with E-state index in [2.05, 4.69) is 82.7 Å². The van der Waals surface area contributed by atoms with Crippen LogP contribution in [-0.4, -0.2) is 18.1 Å². The highest BCUT2D eigenvalue weighted by molar-refractivity contribution is 5.60. The number of hydrogen-bond acceptors (Lipinski definition) is 2. The lowest BCUT2D eigenvalue weighted by atomic mass is 9.90. The van der Waals surface area contributed by atoms with Crippen LogP contribution in [0.1, 0.15) is 40.2 Å². The van der Waals surface area contributed by atoms with Gasteiger partial charge in [0.1, 0.15) is 6.17 Å². The van der Waals surface area contributed by atoms with Crippen molar-refractivity contribution in [1.29, 1.82) is 0 Å². The molecule has 0 saturated carbocycles. The van der Waals surface area contributed by atoms with Gasteiger partial charge in [-0.15, -0.1) is 0 Å². The minimum absolute atomic E-state index is 0.191. The minimum atomic E-state index is 0.191. The Hall–Kier alpha value is -1.44. The van der Waals surface area contributed by atoms with Gasteiger partial charge in [-0.2, -0.15) is 0 Å². The smallest absolute Gasteiger partial charge is 0.110 e. The molecule has 0 fully saturated rings. The van der Waals surface area contributed by atoms with Crippen LogP contribution in [0.4, 0.5) is 5.69 Å². The fourth-order valence-electron chi connectivity index (χ4n) is 3.08. The van der Waals surface area contributed by atoms with Gasteiger partial charge in [-0.25, -0.2) is 0 Å². The zero-order chi connectivity index (χ0) is 14.4. The molecule has 1 atom stereocenters. The largest absolute Gasteiger partial charge is 0.356 e. The predicted octanol–water partition coefficient (Wildman–Crippen LogP) is 4.37. The molecule has 1 aliphatic rings. The molecule has 0 radical (unpaired) electrons. The van der Waals surface area contributed by atoms with Crippen LogP contribution in [-0.2, 0) is 0 Å². The fourth-order valence-corrected chi connectivity index (χ4v) is 3.08. The molecule has 1 aromatic rings. The zero-order valence-corrected chi connectivity index (χ0v) is 13.3. The first-order valence-electron chi connectivity index (χ1n) is 7.00. The standard InChI is InChI=1S/C17H26N2/c1-12-10-8-9-11-15(12)19-14(3)13(2)18(7)16(19)17(4,5)6/h8-11,16H,1-7H3. The summed E-state index contributed by atoms with van der Waals surface area (Å²) < 4.78 is 0. The van der Waals surface area contributed by atoms with Crippen LogP contribution in [0.25, 0.3) is 0 Å². The molecule has 0 amide bonds. The zero-order valence-electron chi connectivity index (χ0n) is 13.3. The summed E-state index contributed by atoms with van der Waals surface area (Å²) in [4.78, 5) is 4.90. The molecule has 2 rings (SSSR count). The SMILES string of the molecule is CC1=C(C)N(c2ccccc2C)C(C(C)(C)C)N1C. The summed E-state index contributed by atoms with van der Waals surface area (Å²) in [6.07, 6.45) is 0.369. The highest BCUT2D eigenvalue weighted by atomic mass is 15.4. The van der Waals surface area contributed by atoms with Crippen molar-refractivity contribution in [1.82, 2.24) is 4.90 Å². The van der Waals surface area contributed by atoms with Gasteiger partial charge in [-0.3, -0.25) is 0 Å². The second kappa shape index (κ2) is 4.59. The van der Waals surface area contributed by atoms with E-state index in [-0.39, 0.29) is 5.41 Å². The molecule has 0 aliphatic carbocycles. The third kappa shape index (κ3) is 2.24. The summed E-state index contributed by atoms with van der Waals surface area (Å²) in [5.74, 6) is 0. The van der Waals surface area contributed by atoms with Crippen LogP contribution in [0.2, 0.25) is 0 Å². The number of benzene rings is 1. The molecular weight excluding hydrogens is 232 g/mol. The van der Waals surface area contributed by atoms with Gasteiger partial charge in [-0.05, 0) is 32.4 Å². The number of hydrogen-bond donors (Lipinski definition) is 0. The maximum absolute atomic E-state index is 2.49. The van der Waals surface area contributed by atoms with Gasteiger partial charge in [0.15, 0.2) is 0 Å². The van der Waals surface area contributed by atoms with Crippen molar-refractivity contribution in [2.45, 2.75) is 47.7 Å². The van der Waals surface area contributed by atoms with Crippen LogP contribution in [0, 0.1) is 12.3 Å². The van der Waals surface area contributed by atoms with Crippen LogP contribution in [0.15, 0.2) is 35.7 Å². The topological polar surface area (TPSA) is 6.48 Å². The highest BCUT2D eigenvalue weighted by Crippen LogP contribution is 2.41. The Morgan fingerprint density at radius 3 is 2.05 bits per heavy atom. The average molecular weight is 258 g/mol. The molecule has 2 heteroatoms. The molecule has 0 spiro atoms. The summed E-state index contributed by atoms with van der Waals surface area (Å²) in [6.45, 7) is 13.6. The molecular formula is C17H26N2. The molecule has 19 heavy (non-hydrogen) atoms. The van der Waals surface area contributed by atoms with Crippen molar-refractivity contribution >= 4 is 5.69 Å². The lowest BCUT2D eigenvalue weighted by Crippen LogP contribution is -2.48. The average Bonchev–Trinajstić information content (AvgIpc) is 2.54. The number of allylic oxidation sites excluding steroid dienone is 2. The number of para-hydroxylation sites is 1. The van der Waals surface area contributed by atoms with Gasteiger partial charge in [0.2, 0.25) is 0 Å². The van der Waals surface area contributed by atoms with Crippen molar-refractivity contribution in [3.05, 3.63) is 41.2 Å². The third-order valence-corrected chi connectivity index (χ3v) is 4.18. The molecule has 0 saturated heterocycles. The van der Waals surface area contributed by atoms with E-state index in [4.69, 9.17) is 0 Å². The summed E-state index contributed by atoms with van der Waals surface area (Å²) in [6, 6.07) is 8.65. The van der Waals surface area contributed by atoms with E-state index < -0.39 is 0 Å². The van der Waals surface area contributed by atoms with Gasteiger partial charge in [-0.1, -0.05) is 39.0 Å². The van der Waals surface area contributed by atoms with E-state index >= 15 is 0 Å². The van der Waals surface area contributed by atoms with Crippen molar-refractivity contribution in [3.8, 4) is 0 Å². The molecule has 0 N–H and O–H groups in total. The van der Waals surface area contributed by atoms with Gasteiger partial charge >= 0.3 is 0 Å². The first kappa shape index (κ1) is 14.0. The molecule has 1 aromatic carbocycles. The van der Waals surface area contributed by atoms with Crippen LogP contribution >= 0.6 is 0 Å². The van der Waals surface area contributed by atoms with Crippen molar-refractivity contribution in [2.24, 2.45) is 5.41 Å². The quantitative estimate of drug-likeness (QED) is 0.738. The van der Waals surface area contributed by atoms with Crippen molar-refractivity contribution in [2.75, 3.05) is 11.9 Å². The molecule has 1 heterocycles.